The minimum absolute atomic E-state index is 0.882. The number of hydrogen-bond acceptors (Lipinski definition) is 3. The summed E-state index contributed by atoms with van der Waals surface area (Å²) >= 11 is 0. The fourth-order valence-corrected chi connectivity index (χ4v) is 8.34. The third-order valence-electron chi connectivity index (χ3n) is 10.9. The van der Waals surface area contributed by atoms with Crippen LogP contribution in [0.1, 0.15) is 0 Å². The van der Waals surface area contributed by atoms with Crippen molar-refractivity contribution in [3.63, 3.8) is 0 Å². The number of rotatable bonds is 6. The van der Waals surface area contributed by atoms with Crippen LogP contribution in [0.15, 0.2) is 209 Å². The van der Waals surface area contributed by atoms with Gasteiger partial charge in [-0.3, -0.25) is 0 Å². The molecule has 0 aliphatic carbocycles. The second-order valence-corrected chi connectivity index (χ2v) is 14.0. The zero-order valence-corrected chi connectivity index (χ0v) is 29.8. The molecule has 258 valence electrons. The van der Waals surface area contributed by atoms with Gasteiger partial charge in [0.1, 0.15) is 22.3 Å². The lowest BCUT2D eigenvalue weighted by molar-refractivity contribution is 0.669. The molecule has 0 fully saturated rings. The molecule has 0 saturated heterocycles. The van der Waals surface area contributed by atoms with Crippen molar-refractivity contribution in [3.8, 4) is 33.4 Å². The molecule has 3 nitrogen and oxygen atoms in total. The van der Waals surface area contributed by atoms with Gasteiger partial charge in [0.25, 0.3) is 0 Å². The maximum absolute atomic E-state index is 6.53. The van der Waals surface area contributed by atoms with E-state index in [1.807, 2.05) is 18.2 Å². The number of furan rings is 2. The van der Waals surface area contributed by atoms with E-state index in [-0.39, 0.29) is 0 Å². The lowest BCUT2D eigenvalue weighted by Crippen LogP contribution is -2.11. The maximum atomic E-state index is 6.53. The number of hydrogen-bond donors (Lipinski definition) is 0. The molecule has 11 aromatic rings. The van der Waals surface area contributed by atoms with Crippen molar-refractivity contribution in [1.29, 1.82) is 0 Å². The Morgan fingerprint density at radius 3 is 1.69 bits per heavy atom. The van der Waals surface area contributed by atoms with Crippen LogP contribution in [0.2, 0.25) is 0 Å². The largest absolute Gasteiger partial charge is 0.456 e. The normalized spacial score (nSPS) is 11.6. The highest BCUT2D eigenvalue weighted by Gasteiger charge is 2.23. The first-order valence-electron chi connectivity index (χ1n) is 18.7. The van der Waals surface area contributed by atoms with Crippen LogP contribution in [0, 0.1) is 0 Å². The lowest BCUT2D eigenvalue weighted by atomic mass is 9.91. The zero-order valence-electron chi connectivity index (χ0n) is 29.8. The van der Waals surface area contributed by atoms with Crippen molar-refractivity contribution >= 4 is 71.7 Å². The van der Waals surface area contributed by atoms with E-state index in [0.29, 0.717) is 0 Å². The highest BCUT2D eigenvalue weighted by atomic mass is 16.3. The van der Waals surface area contributed by atoms with Crippen LogP contribution in [0.3, 0.4) is 0 Å². The van der Waals surface area contributed by atoms with Crippen LogP contribution in [-0.2, 0) is 0 Å². The van der Waals surface area contributed by atoms with Gasteiger partial charge in [-0.05, 0) is 76.0 Å². The Morgan fingerprint density at radius 1 is 0.345 bits per heavy atom. The summed E-state index contributed by atoms with van der Waals surface area (Å²) in [4.78, 5) is 2.38. The van der Waals surface area contributed by atoms with Gasteiger partial charge in [0, 0.05) is 49.6 Å². The van der Waals surface area contributed by atoms with Crippen LogP contribution in [0.25, 0.3) is 88.0 Å². The molecule has 11 rings (SSSR count). The average Bonchev–Trinajstić information content (AvgIpc) is 3.82. The molecule has 2 aromatic heterocycles. The molecule has 0 N–H and O–H groups in total. The van der Waals surface area contributed by atoms with E-state index in [4.69, 9.17) is 8.83 Å². The van der Waals surface area contributed by atoms with E-state index in [1.54, 1.807) is 0 Å². The summed E-state index contributed by atoms with van der Waals surface area (Å²) in [6, 6.07) is 70.9. The van der Waals surface area contributed by atoms with Crippen molar-refractivity contribution in [1.82, 2.24) is 0 Å². The van der Waals surface area contributed by atoms with Crippen molar-refractivity contribution < 1.29 is 8.83 Å². The first-order valence-corrected chi connectivity index (χ1v) is 18.7. The summed E-state index contributed by atoms with van der Waals surface area (Å²) in [5.41, 5.74) is 13.6. The van der Waals surface area contributed by atoms with Gasteiger partial charge in [0.2, 0.25) is 0 Å². The van der Waals surface area contributed by atoms with Crippen molar-refractivity contribution in [2.24, 2.45) is 0 Å². The van der Waals surface area contributed by atoms with Crippen LogP contribution in [-0.4, -0.2) is 0 Å². The van der Waals surface area contributed by atoms with Gasteiger partial charge < -0.3 is 13.7 Å². The van der Waals surface area contributed by atoms with Gasteiger partial charge in [0.05, 0.1) is 5.69 Å². The number of benzene rings is 9. The molecule has 9 aromatic carbocycles. The quantitative estimate of drug-likeness (QED) is 0.173. The van der Waals surface area contributed by atoms with E-state index in [1.165, 1.54) is 16.5 Å². The summed E-state index contributed by atoms with van der Waals surface area (Å²) in [5.74, 6) is 0. The Morgan fingerprint density at radius 2 is 0.909 bits per heavy atom. The lowest BCUT2D eigenvalue weighted by Gasteiger charge is -2.28. The molecule has 0 saturated carbocycles. The predicted octanol–water partition coefficient (Wildman–Crippen LogP) is 15.1. The topological polar surface area (TPSA) is 29.5 Å². The fourth-order valence-electron chi connectivity index (χ4n) is 8.34. The highest BCUT2D eigenvalue weighted by Crippen LogP contribution is 2.48. The molecule has 55 heavy (non-hydrogen) atoms. The van der Waals surface area contributed by atoms with Crippen LogP contribution in [0.5, 0.6) is 0 Å². The number of fused-ring (bicyclic) bond motifs is 7. The Bertz CT molecular complexity index is 3190. The van der Waals surface area contributed by atoms with Gasteiger partial charge in [-0.15, -0.1) is 0 Å². The van der Waals surface area contributed by atoms with Gasteiger partial charge in [-0.2, -0.15) is 0 Å². The Hall–Kier alpha value is -7.36. The molecule has 0 amide bonds. The second-order valence-electron chi connectivity index (χ2n) is 14.0. The molecule has 3 heteroatoms. The first kappa shape index (κ1) is 31.2. The monoisotopic (exact) mass is 703 g/mol. The SMILES string of the molecule is c1ccc(-c2ccc(N(c3ccc(-c4cccc5c4oc4ccccc45)cc3)c3ccccc3-c3c4ccccc4cc4oc5ccccc5c34)cc2)cc1. The Labute approximate surface area is 317 Å². The number of anilines is 3. The molecule has 0 aliphatic rings. The molecule has 0 unspecified atom stereocenters. The molecule has 0 bridgehead atoms. The third-order valence-corrected chi connectivity index (χ3v) is 10.9. The van der Waals surface area contributed by atoms with Crippen LogP contribution < -0.4 is 4.90 Å². The summed E-state index contributed by atoms with van der Waals surface area (Å²) < 4.78 is 13.0. The molecular formula is C52H33NO2. The summed E-state index contributed by atoms with van der Waals surface area (Å²) in [5, 5.41) is 6.81. The molecule has 0 spiro atoms. The predicted molar refractivity (Wildman–Crippen MR) is 229 cm³/mol. The van der Waals surface area contributed by atoms with E-state index in [0.717, 1.165) is 88.6 Å². The number of para-hydroxylation sites is 4. The Kier molecular flexibility index (Phi) is 7.17. The second kappa shape index (κ2) is 12.6. The first-order chi connectivity index (χ1) is 27.3. The van der Waals surface area contributed by atoms with Gasteiger partial charge in [-0.1, -0.05) is 152 Å². The zero-order chi connectivity index (χ0) is 36.3. The molecular weight excluding hydrogens is 671 g/mol. The minimum Gasteiger partial charge on any atom is -0.456 e. The smallest absolute Gasteiger partial charge is 0.143 e. The third kappa shape index (κ3) is 5.13. The van der Waals surface area contributed by atoms with E-state index in [9.17, 15) is 0 Å². The molecule has 2 heterocycles. The van der Waals surface area contributed by atoms with Crippen molar-refractivity contribution in [2.75, 3.05) is 4.90 Å². The maximum Gasteiger partial charge on any atom is 0.143 e. The van der Waals surface area contributed by atoms with Gasteiger partial charge in [-0.25, -0.2) is 0 Å². The van der Waals surface area contributed by atoms with Gasteiger partial charge in [0.15, 0.2) is 0 Å². The summed E-state index contributed by atoms with van der Waals surface area (Å²) in [7, 11) is 0. The van der Waals surface area contributed by atoms with E-state index >= 15 is 0 Å². The average molecular weight is 704 g/mol. The van der Waals surface area contributed by atoms with Crippen LogP contribution >= 0.6 is 0 Å². The minimum atomic E-state index is 0.882. The van der Waals surface area contributed by atoms with Gasteiger partial charge >= 0.3 is 0 Å². The molecule has 0 radical (unpaired) electrons. The molecule has 0 aliphatic heterocycles. The summed E-state index contributed by atoms with van der Waals surface area (Å²) in [6.07, 6.45) is 0. The van der Waals surface area contributed by atoms with E-state index < -0.39 is 0 Å². The highest BCUT2D eigenvalue weighted by molar-refractivity contribution is 6.22. The Balaban J connectivity index is 1.12. The van der Waals surface area contributed by atoms with Crippen LogP contribution in [0.4, 0.5) is 17.1 Å². The summed E-state index contributed by atoms with van der Waals surface area (Å²) in [6.45, 7) is 0. The number of nitrogens with zero attached hydrogens (tertiary/aromatic N) is 1. The molecule has 0 atom stereocenters. The fraction of sp³-hybridized carbons (Fsp3) is 0. The van der Waals surface area contributed by atoms with Crippen molar-refractivity contribution in [2.45, 2.75) is 0 Å². The van der Waals surface area contributed by atoms with E-state index in [2.05, 4.69) is 187 Å². The van der Waals surface area contributed by atoms with Crippen molar-refractivity contribution in [3.05, 3.63) is 200 Å². The standard InChI is InChI=1S/C52H33NO2/c1-2-13-34(14-3-1)35-25-29-38(30-26-35)53(39-31-27-36(28-32-39)41-20-12-21-43-42-17-7-10-23-47(42)55-52(41)43)46-22-9-6-18-44(46)50-40-16-5-4-15-37(40)33-49-51(50)45-19-8-11-24-48(45)54-49/h1-33H.